The number of hydrogen-bond donors (Lipinski definition) is 1. The molecule has 5 aromatic rings. The Labute approximate surface area is 197 Å². The van der Waals surface area contributed by atoms with E-state index in [1.807, 2.05) is 55.5 Å². The fourth-order valence-electron chi connectivity index (χ4n) is 3.81. The van der Waals surface area contributed by atoms with Crippen molar-refractivity contribution in [3.8, 4) is 5.75 Å². The van der Waals surface area contributed by atoms with Gasteiger partial charge in [0.05, 0.1) is 4.47 Å². The van der Waals surface area contributed by atoms with Gasteiger partial charge in [-0.2, -0.15) is 5.21 Å². The van der Waals surface area contributed by atoms with Gasteiger partial charge in [-0.15, -0.1) is 10.2 Å². The summed E-state index contributed by atoms with van der Waals surface area (Å²) < 4.78 is 12.5. The van der Waals surface area contributed by atoms with Crippen LogP contribution in [0.4, 0.5) is 0 Å². The number of halogens is 1. The zero-order valence-corrected chi connectivity index (χ0v) is 19.6. The first-order valence-corrected chi connectivity index (χ1v) is 11.1. The number of rotatable bonds is 6. The molecule has 0 saturated carbocycles. The fraction of sp³-hybridized carbons (Fsp3) is 0.167. The van der Waals surface area contributed by atoms with E-state index in [9.17, 15) is 4.79 Å². The zero-order valence-electron chi connectivity index (χ0n) is 18.0. The number of furan rings is 1. The van der Waals surface area contributed by atoms with Crippen molar-refractivity contribution < 1.29 is 13.9 Å². The SMILES string of the molecule is Cc1c(C(=O)N(C)Cc2ccc3c(Br)c(OCc4nn[nH]n4)ccc3c2)oc2ccccc12. The number of ether oxygens (including phenoxy) is 1. The van der Waals surface area contributed by atoms with Gasteiger partial charge >= 0.3 is 0 Å². The summed E-state index contributed by atoms with van der Waals surface area (Å²) in [5, 5.41) is 16.7. The van der Waals surface area contributed by atoms with Crippen molar-refractivity contribution in [3.63, 3.8) is 0 Å². The maximum Gasteiger partial charge on any atom is 0.289 e. The van der Waals surface area contributed by atoms with Gasteiger partial charge < -0.3 is 14.1 Å². The summed E-state index contributed by atoms with van der Waals surface area (Å²) in [6, 6.07) is 17.6. The number of nitrogens with one attached hydrogen (secondary N) is 1. The minimum atomic E-state index is -0.143. The number of aryl methyl sites for hydroxylation is 1. The predicted molar refractivity (Wildman–Crippen MR) is 127 cm³/mol. The Bertz CT molecular complexity index is 1460. The highest BCUT2D eigenvalue weighted by molar-refractivity contribution is 9.10. The van der Waals surface area contributed by atoms with Gasteiger partial charge in [-0.25, -0.2) is 0 Å². The fourth-order valence-corrected chi connectivity index (χ4v) is 4.42. The number of amides is 1. The van der Waals surface area contributed by atoms with Gasteiger partial charge in [0.15, 0.2) is 12.4 Å². The monoisotopic (exact) mass is 505 g/mol. The van der Waals surface area contributed by atoms with Crippen molar-refractivity contribution in [2.75, 3.05) is 7.05 Å². The van der Waals surface area contributed by atoms with Crippen LogP contribution in [0.2, 0.25) is 0 Å². The number of H-pyrrole nitrogens is 1. The highest BCUT2D eigenvalue weighted by Crippen LogP contribution is 2.34. The standard InChI is InChI=1S/C24H20BrN5O3/c1-14-17-5-3-4-6-19(17)33-23(14)24(31)30(2)12-15-7-9-18-16(11-15)8-10-20(22(18)25)32-13-21-26-28-29-27-21/h3-11H,12-13H2,1-2H3,(H,26,27,28,29). The normalized spacial score (nSPS) is 11.2. The third-order valence-electron chi connectivity index (χ3n) is 5.53. The van der Waals surface area contributed by atoms with Crippen LogP contribution in [0.15, 0.2) is 63.5 Å². The molecule has 0 aliphatic heterocycles. The van der Waals surface area contributed by atoms with Gasteiger partial charge in [0.25, 0.3) is 5.91 Å². The smallest absolute Gasteiger partial charge is 0.289 e. The summed E-state index contributed by atoms with van der Waals surface area (Å²) >= 11 is 3.63. The third-order valence-corrected chi connectivity index (χ3v) is 6.35. The van der Waals surface area contributed by atoms with Crippen LogP contribution in [0.3, 0.4) is 0 Å². The molecule has 0 radical (unpaired) electrons. The molecule has 1 amide bonds. The lowest BCUT2D eigenvalue weighted by Gasteiger charge is -2.17. The molecule has 0 bridgehead atoms. The molecule has 0 spiro atoms. The van der Waals surface area contributed by atoms with Crippen LogP contribution in [-0.2, 0) is 13.2 Å². The van der Waals surface area contributed by atoms with E-state index in [0.29, 0.717) is 23.9 Å². The van der Waals surface area contributed by atoms with E-state index < -0.39 is 0 Å². The van der Waals surface area contributed by atoms with Gasteiger partial charge in [0.1, 0.15) is 11.3 Å². The molecule has 166 valence electrons. The molecule has 0 unspecified atom stereocenters. The van der Waals surface area contributed by atoms with Crippen LogP contribution in [0, 0.1) is 6.92 Å². The number of aromatic amines is 1. The van der Waals surface area contributed by atoms with Crippen molar-refractivity contribution in [3.05, 3.63) is 81.8 Å². The van der Waals surface area contributed by atoms with E-state index >= 15 is 0 Å². The molecule has 5 rings (SSSR count). The number of aromatic nitrogens is 4. The van der Waals surface area contributed by atoms with Crippen LogP contribution in [-0.4, -0.2) is 38.5 Å². The number of carbonyl (C=O) groups is 1. The van der Waals surface area contributed by atoms with Crippen molar-refractivity contribution in [2.24, 2.45) is 0 Å². The lowest BCUT2D eigenvalue weighted by atomic mass is 10.1. The molecule has 0 atom stereocenters. The molecule has 33 heavy (non-hydrogen) atoms. The largest absolute Gasteiger partial charge is 0.484 e. The van der Waals surface area contributed by atoms with E-state index in [-0.39, 0.29) is 12.5 Å². The predicted octanol–water partition coefficient (Wildman–Crippen LogP) is 5.02. The highest BCUT2D eigenvalue weighted by Gasteiger charge is 2.21. The Morgan fingerprint density at radius 3 is 2.79 bits per heavy atom. The number of hydrogen-bond acceptors (Lipinski definition) is 6. The Morgan fingerprint density at radius 1 is 1.15 bits per heavy atom. The quantitative estimate of drug-likeness (QED) is 0.347. The zero-order chi connectivity index (χ0) is 22.9. The summed E-state index contributed by atoms with van der Waals surface area (Å²) in [5.74, 6) is 1.40. The van der Waals surface area contributed by atoms with Gasteiger partial charge in [-0.05, 0) is 57.4 Å². The molecule has 8 nitrogen and oxygen atoms in total. The number of carbonyl (C=O) groups excluding carboxylic acids is 1. The molecule has 9 heteroatoms. The summed E-state index contributed by atoms with van der Waals surface area (Å²) in [6.07, 6.45) is 0. The average Bonchev–Trinajstić information content (AvgIpc) is 3.46. The maximum absolute atomic E-state index is 13.1. The molecule has 2 aromatic heterocycles. The number of nitrogens with zero attached hydrogens (tertiary/aromatic N) is 4. The number of para-hydroxylation sites is 1. The Balaban J connectivity index is 1.34. The van der Waals surface area contributed by atoms with Crippen LogP contribution < -0.4 is 4.74 Å². The maximum atomic E-state index is 13.1. The lowest BCUT2D eigenvalue weighted by molar-refractivity contribution is 0.0755. The van der Waals surface area contributed by atoms with Crippen LogP contribution in [0.25, 0.3) is 21.7 Å². The summed E-state index contributed by atoms with van der Waals surface area (Å²) in [4.78, 5) is 14.7. The molecular formula is C24H20BrN5O3. The minimum absolute atomic E-state index is 0.143. The second-order valence-electron chi connectivity index (χ2n) is 7.76. The van der Waals surface area contributed by atoms with Gasteiger partial charge in [-0.1, -0.05) is 41.6 Å². The van der Waals surface area contributed by atoms with E-state index in [4.69, 9.17) is 9.15 Å². The van der Waals surface area contributed by atoms with Crippen molar-refractivity contribution in [2.45, 2.75) is 20.1 Å². The van der Waals surface area contributed by atoms with Gasteiger partial charge in [0.2, 0.25) is 5.82 Å². The van der Waals surface area contributed by atoms with Gasteiger partial charge in [0, 0.05) is 24.5 Å². The Kier molecular flexibility index (Phi) is 5.55. The number of tetrazole rings is 1. The first-order valence-electron chi connectivity index (χ1n) is 10.3. The van der Waals surface area contributed by atoms with Crippen molar-refractivity contribution in [1.29, 1.82) is 0 Å². The van der Waals surface area contributed by atoms with Crippen LogP contribution >= 0.6 is 15.9 Å². The van der Waals surface area contributed by atoms with Crippen LogP contribution in [0.1, 0.15) is 27.5 Å². The van der Waals surface area contributed by atoms with Crippen LogP contribution in [0.5, 0.6) is 5.75 Å². The summed E-state index contributed by atoms with van der Waals surface area (Å²) in [5.41, 5.74) is 2.59. The second kappa shape index (κ2) is 8.67. The molecular weight excluding hydrogens is 486 g/mol. The third kappa shape index (κ3) is 4.07. The lowest BCUT2D eigenvalue weighted by Crippen LogP contribution is -2.26. The summed E-state index contributed by atoms with van der Waals surface area (Å²) in [7, 11) is 1.78. The minimum Gasteiger partial charge on any atom is -0.484 e. The number of fused-ring (bicyclic) bond motifs is 2. The molecule has 3 aromatic carbocycles. The topological polar surface area (TPSA) is 97.1 Å². The Hall–Kier alpha value is -3.72. The molecule has 2 heterocycles. The van der Waals surface area contributed by atoms with E-state index in [1.54, 1.807) is 11.9 Å². The Morgan fingerprint density at radius 2 is 2.00 bits per heavy atom. The molecule has 0 saturated heterocycles. The summed E-state index contributed by atoms with van der Waals surface area (Å²) in [6.45, 7) is 2.59. The van der Waals surface area contributed by atoms with E-state index in [2.05, 4.69) is 42.6 Å². The first kappa shape index (κ1) is 21.1. The average molecular weight is 506 g/mol. The molecule has 0 aliphatic carbocycles. The van der Waals surface area contributed by atoms with Crippen molar-refractivity contribution >= 4 is 43.6 Å². The van der Waals surface area contributed by atoms with Gasteiger partial charge in [-0.3, -0.25) is 4.79 Å². The molecule has 0 aliphatic rings. The first-order chi connectivity index (χ1) is 16.0. The molecule has 1 N–H and O–H groups in total. The van der Waals surface area contributed by atoms with Crippen molar-refractivity contribution in [1.82, 2.24) is 25.5 Å². The molecule has 0 fully saturated rings. The van der Waals surface area contributed by atoms with E-state index in [1.165, 1.54) is 0 Å². The number of benzene rings is 3. The van der Waals surface area contributed by atoms with E-state index in [0.717, 1.165) is 37.3 Å². The highest BCUT2D eigenvalue weighted by atomic mass is 79.9. The second-order valence-corrected chi connectivity index (χ2v) is 8.56.